The zero-order chi connectivity index (χ0) is 13.9. The number of nitrogens with zero attached hydrogens (tertiary/aromatic N) is 1. The summed E-state index contributed by atoms with van der Waals surface area (Å²) in [5.41, 5.74) is 1.85. The minimum Gasteiger partial charge on any atom is -0.382 e. The first-order chi connectivity index (χ1) is 9.00. The van der Waals surface area contributed by atoms with Gasteiger partial charge in [-0.1, -0.05) is 13.0 Å². The average Bonchev–Trinajstić information content (AvgIpc) is 2.38. The molecule has 2 rings (SSSR count). The van der Waals surface area contributed by atoms with Gasteiger partial charge in [-0.3, -0.25) is 4.98 Å². The van der Waals surface area contributed by atoms with Crippen LogP contribution in [0.15, 0.2) is 36.5 Å². The first-order valence-corrected chi connectivity index (χ1v) is 8.14. The number of sulfone groups is 1. The molecule has 102 valence electrons. The Morgan fingerprint density at radius 3 is 2.84 bits per heavy atom. The van der Waals surface area contributed by atoms with E-state index in [1.165, 1.54) is 0 Å². The van der Waals surface area contributed by atoms with Crippen LogP contribution in [0.5, 0.6) is 0 Å². The third kappa shape index (κ3) is 3.67. The third-order valence-electron chi connectivity index (χ3n) is 2.96. The van der Waals surface area contributed by atoms with Gasteiger partial charge in [-0.05, 0) is 31.2 Å². The summed E-state index contributed by atoms with van der Waals surface area (Å²) in [6, 6.07) is 9.59. The van der Waals surface area contributed by atoms with Crippen LogP contribution in [0.2, 0.25) is 0 Å². The molecule has 0 aliphatic heterocycles. The van der Waals surface area contributed by atoms with Crippen molar-refractivity contribution >= 4 is 26.4 Å². The van der Waals surface area contributed by atoms with E-state index in [0.717, 1.165) is 16.6 Å². The Morgan fingerprint density at radius 2 is 2.11 bits per heavy atom. The lowest BCUT2D eigenvalue weighted by Gasteiger charge is -2.15. The molecular weight excluding hydrogens is 260 g/mol. The van der Waals surface area contributed by atoms with Crippen molar-refractivity contribution in [3.8, 4) is 0 Å². The summed E-state index contributed by atoms with van der Waals surface area (Å²) in [6.45, 7) is 3.55. The van der Waals surface area contributed by atoms with E-state index < -0.39 is 9.84 Å². The highest BCUT2D eigenvalue weighted by Gasteiger charge is 2.13. The number of rotatable bonds is 5. The predicted octanol–water partition coefficient (Wildman–Crippen LogP) is 2.47. The molecule has 2 aromatic rings. The lowest BCUT2D eigenvalue weighted by molar-refractivity contribution is 0.593. The summed E-state index contributed by atoms with van der Waals surface area (Å²) in [6.07, 6.45) is 1.76. The first kappa shape index (κ1) is 13.8. The summed E-state index contributed by atoms with van der Waals surface area (Å²) < 4.78 is 23.1. The summed E-state index contributed by atoms with van der Waals surface area (Å²) in [5, 5.41) is 4.26. The van der Waals surface area contributed by atoms with Gasteiger partial charge in [-0.25, -0.2) is 8.42 Å². The molecule has 5 heteroatoms. The zero-order valence-electron chi connectivity index (χ0n) is 11.1. The molecule has 1 aromatic heterocycles. The number of fused-ring (bicyclic) bond motifs is 1. The molecule has 0 saturated heterocycles. The van der Waals surface area contributed by atoms with Crippen molar-refractivity contribution in [1.82, 2.24) is 4.98 Å². The summed E-state index contributed by atoms with van der Waals surface area (Å²) in [4.78, 5) is 4.25. The number of nitrogens with one attached hydrogen (secondary N) is 1. The van der Waals surface area contributed by atoms with E-state index in [4.69, 9.17) is 0 Å². The molecule has 0 saturated carbocycles. The lowest BCUT2D eigenvalue weighted by atomic mass is 10.2. The van der Waals surface area contributed by atoms with Crippen LogP contribution in [0.25, 0.3) is 10.9 Å². The van der Waals surface area contributed by atoms with E-state index in [0.29, 0.717) is 0 Å². The summed E-state index contributed by atoms with van der Waals surface area (Å²) in [7, 11) is -2.96. The van der Waals surface area contributed by atoms with Crippen LogP contribution in [-0.4, -0.2) is 30.9 Å². The highest BCUT2D eigenvalue weighted by atomic mass is 32.2. The van der Waals surface area contributed by atoms with E-state index in [9.17, 15) is 8.42 Å². The minimum absolute atomic E-state index is 0.112. The number of anilines is 1. The van der Waals surface area contributed by atoms with Gasteiger partial charge in [0.1, 0.15) is 0 Å². The molecule has 0 spiro atoms. The van der Waals surface area contributed by atoms with Crippen LogP contribution in [0, 0.1) is 0 Å². The van der Waals surface area contributed by atoms with Crippen molar-refractivity contribution in [2.75, 3.05) is 16.8 Å². The van der Waals surface area contributed by atoms with Crippen molar-refractivity contribution in [2.45, 2.75) is 19.9 Å². The monoisotopic (exact) mass is 278 g/mol. The largest absolute Gasteiger partial charge is 0.382 e. The molecule has 1 unspecified atom stereocenters. The fraction of sp³-hybridized carbons (Fsp3) is 0.357. The molecule has 0 fully saturated rings. The number of hydrogen-bond acceptors (Lipinski definition) is 4. The van der Waals surface area contributed by atoms with Crippen molar-refractivity contribution in [1.29, 1.82) is 0 Å². The van der Waals surface area contributed by atoms with Gasteiger partial charge < -0.3 is 5.32 Å². The normalized spacial score (nSPS) is 13.4. The van der Waals surface area contributed by atoms with E-state index in [-0.39, 0.29) is 17.5 Å². The lowest BCUT2D eigenvalue weighted by Crippen LogP contribution is -2.26. The van der Waals surface area contributed by atoms with Gasteiger partial charge in [0, 0.05) is 29.1 Å². The van der Waals surface area contributed by atoms with Crippen LogP contribution in [0.4, 0.5) is 5.69 Å². The second-order valence-corrected chi connectivity index (χ2v) is 7.05. The Labute approximate surface area is 113 Å². The molecule has 0 aliphatic carbocycles. The highest BCUT2D eigenvalue weighted by Crippen LogP contribution is 2.17. The highest BCUT2D eigenvalue weighted by molar-refractivity contribution is 7.91. The zero-order valence-corrected chi connectivity index (χ0v) is 11.9. The molecule has 1 heterocycles. The van der Waals surface area contributed by atoms with Gasteiger partial charge >= 0.3 is 0 Å². The van der Waals surface area contributed by atoms with E-state index in [2.05, 4.69) is 10.3 Å². The second kappa shape index (κ2) is 5.57. The average molecular weight is 278 g/mol. The van der Waals surface area contributed by atoms with E-state index in [1.807, 2.05) is 37.3 Å². The maximum absolute atomic E-state index is 11.6. The van der Waals surface area contributed by atoms with Crippen LogP contribution < -0.4 is 5.32 Å². The van der Waals surface area contributed by atoms with Crippen LogP contribution in [0.3, 0.4) is 0 Å². The summed E-state index contributed by atoms with van der Waals surface area (Å²) in [5.74, 6) is 0.329. The van der Waals surface area contributed by atoms with Crippen molar-refractivity contribution in [2.24, 2.45) is 0 Å². The van der Waals surface area contributed by atoms with Crippen molar-refractivity contribution < 1.29 is 8.42 Å². The second-order valence-electron chi connectivity index (χ2n) is 4.66. The molecule has 0 amide bonds. The molecule has 0 bridgehead atoms. The van der Waals surface area contributed by atoms with Gasteiger partial charge in [0.15, 0.2) is 9.84 Å². The van der Waals surface area contributed by atoms with E-state index in [1.54, 1.807) is 13.1 Å². The number of aromatic nitrogens is 1. The fourth-order valence-electron chi connectivity index (χ4n) is 1.99. The molecule has 0 radical (unpaired) electrons. The quantitative estimate of drug-likeness (QED) is 0.912. The Balaban J connectivity index is 2.13. The van der Waals surface area contributed by atoms with Gasteiger partial charge in [-0.2, -0.15) is 0 Å². The van der Waals surface area contributed by atoms with Crippen LogP contribution in [-0.2, 0) is 9.84 Å². The Morgan fingerprint density at radius 1 is 1.32 bits per heavy atom. The maximum Gasteiger partial charge on any atom is 0.152 e. The predicted molar refractivity (Wildman–Crippen MR) is 79.2 cm³/mol. The van der Waals surface area contributed by atoms with Gasteiger partial charge in [-0.15, -0.1) is 0 Å². The first-order valence-electron chi connectivity index (χ1n) is 6.32. The molecule has 1 N–H and O–H groups in total. The van der Waals surface area contributed by atoms with Gasteiger partial charge in [0.05, 0.1) is 11.3 Å². The van der Waals surface area contributed by atoms with Crippen LogP contribution in [0.1, 0.15) is 13.8 Å². The smallest absolute Gasteiger partial charge is 0.152 e. The third-order valence-corrected chi connectivity index (χ3v) is 4.85. The standard InChI is InChI=1S/C14H18N2O2S/c1-3-19(17,18)10-11(2)16-13-6-7-14-12(9-13)5-4-8-15-14/h4-9,11,16H,3,10H2,1-2H3. The molecule has 1 atom stereocenters. The number of pyridine rings is 1. The van der Waals surface area contributed by atoms with E-state index >= 15 is 0 Å². The number of benzene rings is 1. The molecular formula is C14H18N2O2S. The van der Waals surface area contributed by atoms with Gasteiger partial charge in [0.2, 0.25) is 0 Å². The molecule has 1 aromatic carbocycles. The molecule has 0 aliphatic rings. The topological polar surface area (TPSA) is 59.1 Å². The Bertz CT molecular complexity index is 668. The molecule has 19 heavy (non-hydrogen) atoms. The molecule has 4 nitrogen and oxygen atoms in total. The van der Waals surface area contributed by atoms with Crippen molar-refractivity contribution in [3.05, 3.63) is 36.5 Å². The Kier molecular flexibility index (Phi) is 4.04. The van der Waals surface area contributed by atoms with Crippen LogP contribution >= 0.6 is 0 Å². The SMILES string of the molecule is CCS(=O)(=O)CC(C)Nc1ccc2ncccc2c1. The Hall–Kier alpha value is -1.62. The minimum atomic E-state index is -2.96. The fourth-order valence-corrected chi connectivity index (χ4v) is 3.07. The van der Waals surface area contributed by atoms with Crippen molar-refractivity contribution in [3.63, 3.8) is 0 Å². The van der Waals surface area contributed by atoms with Gasteiger partial charge in [0.25, 0.3) is 0 Å². The summed E-state index contributed by atoms with van der Waals surface area (Å²) >= 11 is 0. The maximum atomic E-state index is 11.6. The number of hydrogen-bond donors (Lipinski definition) is 1.